The number of carbonyl (C=O) groups is 1. The molecular weight excluding hydrogens is 302 g/mol. The van der Waals surface area contributed by atoms with Gasteiger partial charge in [-0.2, -0.15) is 0 Å². The number of aliphatic carboxylic acids is 1. The summed E-state index contributed by atoms with van der Waals surface area (Å²) in [4.78, 5) is 13.9. The number of rotatable bonds is 5. The van der Waals surface area contributed by atoms with E-state index in [1.165, 1.54) is 0 Å². The van der Waals surface area contributed by atoms with Gasteiger partial charge in [0.25, 0.3) is 0 Å². The van der Waals surface area contributed by atoms with Crippen LogP contribution in [0.15, 0.2) is 54.6 Å². The zero-order valence-electron chi connectivity index (χ0n) is 13.9. The third-order valence-electron chi connectivity index (χ3n) is 4.69. The van der Waals surface area contributed by atoms with Gasteiger partial charge in [-0.1, -0.05) is 48.9 Å². The van der Waals surface area contributed by atoms with Crippen LogP contribution in [-0.2, 0) is 4.79 Å². The molecule has 2 unspecified atom stereocenters. The number of piperidine rings is 1. The fourth-order valence-corrected chi connectivity index (χ4v) is 3.55. The molecule has 1 heterocycles. The van der Waals surface area contributed by atoms with Crippen molar-refractivity contribution < 1.29 is 14.6 Å². The molecule has 2 aromatic carbocycles. The molecule has 1 aliphatic rings. The highest BCUT2D eigenvalue weighted by molar-refractivity contribution is 5.73. The topological polar surface area (TPSA) is 49.8 Å². The minimum Gasteiger partial charge on any atom is -0.497 e. The van der Waals surface area contributed by atoms with E-state index in [-0.39, 0.29) is 6.04 Å². The Hall–Kier alpha value is -2.33. The van der Waals surface area contributed by atoms with E-state index < -0.39 is 12.0 Å². The monoisotopic (exact) mass is 325 g/mol. The number of ether oxygens (including phenoxy) is 1. The van der Waals surface area contributed by atoms with Crippen molar-refractivity contribution in [2.24, 2.45) is 0 Å². The third-order valence-corrected chi connectivity index (χ3v) is 4.69. The molecule has 0 bridgehead atoms. The summed E-state index contributed by atoms with van der Waals surface area (Å²) in [6.45, 7) is 0.785. The number of methoxy groups -OCH3 is 1. The number of carboxylic acids is 1. The van der Waals surface area contributed by atoms with E-state index in [0.29, 0.717) is 6.42 Å². The summed E-state index contributed by atoms with van der Waals surface area (Å²) >= 11 is 0. The van der Waals surface area contributed by atoms with Gasteiger partial charge in [-0.15, -0.1) is 0 Å². The van der Waals surface area contributed by atoms with Gasteiger partial charge in [0.05, 0.1) is 13.2 Å². The number of carboxylic acid groups (broad SMARTS) is 1. The molecule has 1 aliphatic heterocycles. The van der Waals surface area contributed by atoms with Crippen LogP contribution in [0, 0.1) is 0 Å². The molecule has 0 radical (unpaired) electrons. The minimum absolute atomic E-state index is 0.0808. The molecule has 0 spiro atoms. The first-order valence-electron chi connectivity index (χ1n) is 8.38. The van der Waals surface area contributed by atoms with Crippen LogP contribution in [0.2, 0.25) is 0 Å². The molecule has 1 fully saturated rings. The molecule has 2 aromatic rings. The molecule has 0 amide bonds. The van der Waals surface area contributed by atoms with Gasteiger partial charge in [-0.3, -0.25) is 9.69 Å². The fraction of sp³-hybridized carbons (Fsp3) is 0.350. The molecule has 0 aliphatic carbocycles. The van der Waals surface area contributed by atoms with E-state index in [4.69, 9.17) is 4.74 Å². The van der Waals surface area contributed by atoms with Crippen molar-refractivity contribution in [2.75, 3.05) is 13.7 Å². The Kier molecular flexibility index (Phi) is 5.16. The van der Waals surface area contributed by atoms with Gasteiger partial charge in [-0.05, 0) is 42.6 Å². The van der Waals surface area contributed by atoms with Gasteiger partial charge in [0.2, 0.25) is 0 Å². The maximum absolute atomic E-state index is 11.8. The van der Waals surface area contributed by atoms with Crippen LogP contribution >= 0.6 is 0 Å². The lowest BCUT2D eigenvalue weighted by atomic mass is 9.91. The maximum atomic E-state index is 11.8. The lowest BCUT2D eigenvalue weighted by Gasteiger charge is -2.39. The van der Waals surface area contributed by atoms with Crippen LogP contribution in [0.5, 0.6) is 5.75 Å². The number of nitrogens with zero attached hydrogens (tertiary/aromatic N) is 1. The van der Waals surface area contributed by atoms with Crippen molar-refractivity contribution in [1.29, 1.82) is 0 Å². The highest BCUT2D eigenvalue weighted by Crippen LogP contribution is 2.35. The van der Waals surface area contributed by atoms with E-state index in [1.807, 2.05) is 42.5 Å². The Morgan fingerprint density at radius 2 is 1.88 bits per heavy atom. The minimum atomic E-state index is -0.737. The summed E-state index contributed by atoms with van der Waals surface area (Å²) < 4.78 is 5.37. The predicted molar refractivity (Wildman–Crippen MR) is 93.3 cm³/mol. The van der Waals surface area contributed by atoms with Gasteiger partial charge in [-0.25, -0.2) is 0 Å². The molecule has 2 atom stereocenters. The van der Waals surface area contributed by atoms with E-state index in [1.54, 1.807) is 7.11 Å². The molecule has 4 heteroatoms. The summed E-state index contributed by atoms with van der Waals surface area (Å²) in [6, 6.07) is 17.5. The van der Waals surface area contributed by atoms with Crippen LogP contribution < -0.4 is 4.74 Å². The van der Waals surface area contributed by atoms with Crippen molar-refractivity contribution in [1.82, 2.24) is 4.90 Å². The second kappa shape index (κ2) is 7.49. The van der Waals surface area contributed by atoms with Crippen LogP contribution in [0.3, 0.4) is 0 Å². The van der Waals surface area contributed by atoms with Crippen molar-refractivity contribution >= 4 is 5.97 Å². The summed E-state index contributed by atoms with van der Waals surface area (Å²) in [5, 5.41) is 9.69. The number of likely N-dealkylation sites (tertiary alicyclic amines) is 1. The normalized spacial score (nSPS) is 19.6. The van der Waals surface area contributed by atoms with E-state index in [2.05, 4.69) is 17.0 Å². The van der Waals surface area contributed by atoms with Gasteiger partial charge < -0.3 is 9.84 Å². The highest BCUT2D eigenvalue weighted by Gasteiger charge is 2.35. The van der Waals surface area contributed by atoms with Gasteiger partial charge >= 0.3 is 5.97 Å². The van der Waals surface area contributed by atoms with Crippen molar-refractivity contribution in [3.05, 3.63) is 65.7 Å². The Bertz CT molecular complexity index is 686. The first-order chi connectivity index (χ1) is 11.7. The van der Waals surface area contributed by atoms with Crippen LogP contribution in [0.4, 0.5) is 0 Å². The summed E-state index contributed by atoms with van der Waals surface area (Å²) in [6.07, 6.45) is 2.69. The van der Waals surface area contributed by atoms with Crippen LogP contribution in [-0.4, -0.2) is 35.7 Å². The molecule has 0 aromatic heterocycles. The lowest BCUT2D eigenvalue weighted by Crippen LogP contribution is -2.46. The smallest absolute Gasteiger partial charge is 0.320 e. The van der Waals surface area contributed by atoms with E-state index >= 15 is 0 Å². The molecule has 1 saturated heterocycles. The molecule has 1 N–H and O–H groups in total. The van der Waals surface area contributed by atoms with Crippen LogP contribution in [0.1, 0.15) is 36.4 Å². The molecule has 126 valence electrons. The van der Waals surface area contributed by atoms with Gasteiger partial charge in [0, 0.05) is 0 Å². The van der Waals surface area contributed by atoms with E-state index in [9.17, 15) is 9.90 Å². The third kappa shape index (κ3) is 3.44. The Labute approximate surface area is 142 Å². The summed E-state index contributed by atoms with van der Waals surface area (Å²) in [5.74, 6) is 0.0517. The summed E-state index contributed by atoms with van der Waals surface area (Å²) in [7, 11) is 1.65. The SMILES string of the molecule is COc1cccc(C(c2ccccc2)N2CCCCC2C(=O)O)c1. The average molecular weight is 325 g/mol. The lowest BCUT2D eigenvalue weighted by molar-refractivity contribution is -0.145. The average Bonchev–Trinajstić information content (AvgIpc) is 2.63. The molecular formula is C20H23NO3. The molecule has 4 nitrogen and oxygen atoms in total. The van der Waals surface area contributed by atoms with E-state index in [0.717, 1.165) is 36.3 Å². The zero-order chi connectivity index (χ0) is 16.9. The second-order valence-corrected chi connectivity index (χ2v) is 6.18. The highest BCUT2D eigenvalue weighted by atomic mass is 16.5. The molecule has 3 rings (SSSR count). The number of hydrogen-bond acceptors (Lipinski definition) is 3. The first-order valence-corrected chi connectivity index (χ1v) is 8.38. The Morgan fingerprint density at radius 1 is 1.12 bits per heavy atom. The Balaban J connectivity index is 2.06. The quantitative estimate of drug-likeness (QED) is 0.910. The number of benzene rings is 2. The van der Waals surface area contributed by atoms with Crippen molar-refractivity contribution in [2.45, 2.75) is 31.3 Å². The fourth-order valence-electron chi connectivity index (χ4n) is 3.55. The molecule has 0 saturated carbocycles. The number of hydrogen-bond donors (Lipinski definition) is 1. The van der Waals surface area contributed by atoms with Crippen molar-refractivity contribution in [3.63, 3.8) is 0 Å². The summed E-state index contributed by atoms with van der Waals surface area (Å²) in [5.41, 5.74) is 2.17. The second-order valence-electron chi connectivity index (χ2n) is 6.18. The standard InChI is InChI=1S/C20H23NO3/c1-24-17-11-7-10-16(14-17)19(15-8-3-2-4-9-15)21-13-6-5-12-18(21)20(22)23/h2-4,7-11,14,18-19H,5-6,12-13H2,1H3,(H,22,23). The first kappa shape index (κ1) is 16.5. The van der Waals surface area contributed by atoms with Gasteiger partial charge in [0.1, 0.15) is 11.8 Å². The largest absolute Gasteiger partial charge is 0.497 e. The maximum Gasteiger partial charge on any atom is 0.320 e. The zero-order valence-corrected chi connectivity index (χ0v) is 13.9. The van der Waals surface area contributed by atoms with Crippen molar-refractivity contribution in [3.8, 4) is 5.75 Å². The van der Waals surface area contributed by atoms with Crippen LogP contribution in [0.25, 0.3) is 0 Å². The predicted octanol–water partition coefficient (Wildman–Crippen LogP) is 3.72. The Morgan fingerprint density at radius 3 is 2.58 bits per heavy atom. The van der Waals surface area contributed by atoms with Gasteiger partial charge in [0.15, 0.2) is 0 Å². The molecule has 24 heavy (non-hydrogen) atoms.